The van der Waals surface area contributed by atoms with Crippen molar-refractivity contribution in [3.8, 4) is 10.8 Å². The van der Waals surface area contributed by atoms with E-state index in [4.69, 9.17) is 4.42 Å². The summed E-state index contributed by atoms with van der Waals surface area (Å²) < 4.78 is 5.65. The maximum atomic E-state index is 13.1. The fraction of sp³-hybridized carbons (Fsp3) is 0.333. The Balaban J connectivity index is 1.64. The van der Waals surface area contributed by atoms with Crippen molar-refractivity contribution in [2.24, 2.45) is 0 Å². The van der Waals surface area contributed by atoms with Gasteiger partial charge in [0.15, 0.2) is 10.8 Å². The van der Waals surface area contributed by atoms with Crippen molar-refractivity contribution in [1.82, 2.24) is 9.88 Å². The summed E-state index contributed by atoms with van der Waals surface area (Å²) in [7, 11) is 0. The number of carbonyl (C=O) groups excluding carboxylic acids is 1. The summed E-state index contributed by atoms with van der Waals surface area (Å²) in [6, 6.07) is 6.14. The van der Waals surface area contributed by atoms with Crippen LogP contribution >= 0.6 is 22.7 Å². The first-order valence-corrected chi connectivity index (χ1v) is 9.76. The maximum absolute atomic E-state index is 13.1. The number of carbonyl (C=O) groups is 1. The van der Waals surface area contributed by atoms with E-state index in [2.05, 4.69) is 21.8 Å². The Hall–Kier alpha value is -1.92. The van der Waals surface area contributed by atoms with Crippen LogP contribution in [0.4, 0.5) is 0 Å². The Labute approximate surface area is 148 Å². The van der Waals surface area contributed by atoms with Gasteiger partial charge in [0, 0.05) is 6.54 Å². The van der Waals surface area contributed by atoms with Crippen LogP contribution in [0.3, 0.4) is 0 Å². The van der Waals surface area contributed by atoms with E-state index in [1.807, 2.05) is 30.9 Å². The van der Waals surface area contributed by atoms with Gasteiger partial charge in [-0.05, 0) is 61.2 Å². The first-order valence-electron chi connectivity index (χ1n) is 8.01. The third-order valence-corrected chi connectivity index (χ3v) is 6.25. The van der Waals surface area contributed by atoms with Crippen LogP contribution in [0.25, 0.3) is 10.8 Å². The quantitative estimate of drug-likeness (QED) is 0.657. The minimum Gasteiger partial charge on any atom is -0.459 e. The van der Waals surface area contributed by atoms with Crippen LogP contribution in [0, 0.1) is 13.8 Å². The second-order valence-corrected chi connectivity index (χ2v) is 7.84. The van der Waals surface area contributed by atoms with Gasteiger partial charge in [0.05, 0.1) is 11.7 Å². The molecule has 3 aromatic rings. The minimum atomic E-state index is 0.0910. The lowest BCUT2D eigenvalue weighted by Gasteiger charge is -2.23. The smallest absolute Gasteiger partial charge is 0.266 e. The van der Waals surface area contributed by atoms with Crippen molar-refractivity contribution < 1.29 is 9.21 Å². The Morgan fingerprint density at radius 1 is 1.33 bits per heavy atom. The molecule has 1 amide bonds. The molecule has 0 aliphatic carbocycles. The van der Waals surface area contributed by atoms with Gasteiger partial charge >= 0.3 is 0 Å². The summed E-state index contributed by atoms with van der Waals surface area (Å²) in [5, 5.41) is 4.99. The van der Waals surface area contributed by atoms with Gasteiger partial charge in [-0.2, -0.15) is 11.3 Å². The Bertz CT molecular complexity index is 864. The first kappa shape index (κ1) is 15.6. The van der Waals surface area contributed by atoms with Gasteiger partial charge in [-0.3, -0.25) is 4.79 Å². The molecular formula is C18H18N2O2S2. The van der Waals surface area contributed by atoms with Crippen molar-refractivity contribution in [3.63, 3.8) is 0 Å². The van der Waals surface area contributed by atoms with Crippen LogP contribution in [0.2, 0.25) is 0 Å². The minimum absolute atomic E-state index is 0.0910. The third-order valence-electron chi connectivity index (χ3n) is 4.38. The zero-order chi connectivity index (χ0) is 16.7. The van der Waals surface area contributed by atoms with Crippen LogP contribution < -0.4 is 0 Å². The van der Waals surface area contributed by atoms with Crippen LogP contribution in [-0.4, -0.2) is 22.3 Å². The van der Waals surface area contributed by atoms with Crippen LogP contribution in [0.5, 0.6) is 0 Å². The van der Waals surface area contributed by atoms with E-state index in [1.165, 1.54) is 16.9 Å². The topological polar surface area (TPSA) is 46.3 Å². The van der Waals surface area contributed by atoms with Gasteiger partial charge in [-0.15, -0.1) is 11.3 Å². The van der Waals surface area contributed by atoms with Gasteiger partial charge in [-0.25, -0.2) is 4.98 Å². The fourth-order valence-corrected chi connectivity index (χ4v) is 4.89. The number of furan rings is 1. The predicted molar refractivity (Wildman–Crippen MR) is 96.6 cm³/mol. The molecule has 1 fully saturated rings. The molecule has 124 valence electrons. The highest BCUT2D eigenvalue weighted by Crippen LogP contribution is 2.37. The van der Waals surface area contributed by atoms with Crippen molar-refractivity contribution >= 4 is 28.6 Å². The number of rotatable bonds is 3. The number of thiophene rings is 1. The molecule has 24 heavy (non-hydrogen) atoms. The molecule has 0 aromatic carbocycles. The first-order chi connectivity index (χ1) is 11.6. The van der Waals surface area contributed by atoms with Gasteiger partial charge in [0.25, 0.3) is 5.91 Å². The van der Waals surface area contributed by atoms with Gasteiger partial charge in [0.2, 0.25) is 0 Å². The molecule has 0 saturated carbocycles. The van der Waals surface area contributed by atoms with Crippen molar-refractivity contribution in [2.75, 3.05) is 6.54 Å². The summed E-state index contributed by atoms with van der Waals surface area (Å²) in [6.45, 7) is 4.62. The number of aryl methyl sites for hydroxylation is 2. The molecule has 6 heteroatoms. The summed E-state index contributed by atoms with van der Waals surface area (Å²) in [4.78, 5) is 20.4. The molecule has 4 rings (SSSR count). The Kier molecular flexibility index (Phi) is 4.02. The third kappa shape index (κ3) is 2.70. The Morgan fingerprint density at radius 3 is 2.92 bits per heavy atom. The fourth-order valence-electron chi connectivity index (χ4n) is 3.20. The van der Waals surface area contributed by atoms with Gasteiger partial charge in [0.1, 0.15) is 10.6 Å². The predicted octanol–water partition coefficient (Wildman–Crippen LogP) is 5.06. The summed E-state index contributed by atoms with van der Waals surface area (Å²) >= 11 is 3.11. The molecular weight excluding hydrogens is 340 g/mol. The average Bonchev–Trinajstić information content (AvgIpc) is 3.33. The molecule has 0 spiro atoms. The lowest BCUT2D eigenvalue weighted by molar-refractivity contribution is 0.0740. The van der Waals surface area contributed by atoms with E-state index < -0.39 is 0 Å². The number of likely N-dealkylation sites (tertiary alicyclic amines) is 1. The zero-order valence-electron chi connectivity index (χ0n) is 13.6. The number of aromatic nitrogens is 1. The maximum Gasteiger partial charge on any atom is 0.266 e. The number of nitrogens with zero attached hydrogens (tertiary/aromatic N) is 2. The largest absolute Gasteiger partial charge is 0.459 e. The van der Waals surface area contributed by atoms with Crippen LogP contribution in [-0.2, 0) is 0 Å². The molecule has 1 aliphatic rings. The van der Waals surface area contributed by atoms with Crippen molar-refractivity contribution in [2.45, 2.75) is 32.7 Å². The SMILES string of the molecule is Cc1ccc(-c2nc(C)c(C(=O)N3CCC[C@H]3c3ccsc3)s2)o1. The Morgan fingerprint density at radius 2 is 2.21 bits per heavy atom. The lowest BCUT2D eigenvalue weighted by atomic mass is 10.1. The summed E-state index contributed by atoms with van der Waals surface area (Å²) in [6.07, 6.45) is 2.08. The molecule has 1 aliphatic heterocycles. The van der Waals surface area contributed by atoms with Crippen molar-refractivity contribution in [1.29, 1.82) is 0 Å². The highest BCUT2D eigenvalue weighted by Gasteiger charge is 2.33. The standard InChI is InChI=1S/C18H18N2O2S2/c1-11-5-6-15(22-11)17-19-12(2)16(24-17)18(21)20-8-3-4-14(20)13-7-9-23-10-13/h5-7,9-10,14H,3-4,8H2,1-2H3/t14-/m0/s1. The molecule has 0 N–H and O–H groups in total. The molecule has 0 unspecified atom stereocenters. The summed E-state index contributed by atoms with van der Waals surface area (Å²) in [5.74, 6) is 1.67. The molecule has 1 atom stereocenters. The van der Waals surface area contributed by atoms with E-state index in [-0.39, 0.29) is 11.9 Å². The average molecular weight is 358 g/mol. The summed E-state index contributed by atoms with van der Waals surface area (Å²) in [5.41, 5.74) is 2.03. The van der Waals surface area contributed by atoms with E-state index >= 15 is 0 Å². The second kappa shape index (κ2) is 6.18. The molecule has 3 aromatic heterocycles. The van der Waals surface area contributed by atoms with E-state index in [0.717, 1.165) is 46.5 Å². The number of hydrogen-bond acceptors (Lipinski definition) is 5. The zero-order valence-corrected chi connectivity index (χ0v) is 15.2. The molecule has 0 bridgehead atoms. The van der Waals surface area contributed by atoms with Gasteiger partial charge in [-0.1, -0.05) is 0 Å². The van der Waals surface area contributed by atoms with E-state index in [9.17, 15) is 4.79 Å². The number of amides is 1. The number of hydrogen-bond donors (Lipinski definition) is 0. The molecule has 1 saturated heterocycles. The van der Waals surface area contributed by atoms with Gasteiger partial charge < -0.3 is 9.32 Å². The number of thiazole rings is 1. The van der Waals surface area contributed by atoms with E-state index in [1.54, 1.807) is 11.3 Å². The van der Waals surface area contributed by atoms with Crippen LogP contribution in [0.15, 0.2) is 33.4 Å². The normalized spacial score (nSPS) is 17.6. The molecule has 4 heterocycles. The van der Waals surface area contributed by atoms with Crippen LogP contribution in [0.1, 0.15) is 45.6 Å². The highest BCUT2D eigenvalue weighted by molar-refractivity contribution is 7.17. The monoisotopic (exact) mass is 358 g/mol. The lowest BCUT2D eigenvalue weighted by Crippen LogP contribution is -2.30. The molecule has 4 nitrogen and oxygen atoms in total. The highest BCUT2D eigenvalue weighted by atomic mass is 32.1. The second-order valence-electron chi connectivity index (χ2n) is 6.06. The van der Waals surface area contributed by atoms with Crippen molar-refractivity contribution in [3.05, 3.63) is 50.9 Å². The van der Waals surface area contributed by atoms with E-state index in [0.29, 0.717) is 0 Å². The molecule has 0 radical (unpaired) electrons.